The Bertz CT molecular complexity index is 289. The highest BCUT2D eigenvalue weighted by atomic mass is 14.7. The zero-order chi connectivity index (χ0) is 13.9. The number of hydrogen-bond donors (Lipinski definition) is 0. The van der Waals surface area contributed by atoms with Crippen molar-refractivity contribution < 1.29 is 0 Å². The molecule has 0 heterocycles. The molecule has 0 aliphatic heterocycles. The zero-order valence-electron chi connectivity index (χ0n) is 12.4. The van der Waals surface area contributed by atoms with Gasteiger partial charge in [0, 0.05) is 17.3 Å². The topological polar surface area (TPSA) is 12.4 Å². The summed E-state index contributed by atoms with van der Waals surface area (Å²) in [7, 11) is 0. The predicted molar refractivity (Wildman–Crippen MR) is 84.1 cm³/mol. The lowest BCUT2D eigenvalue weighted by Gasteiger charge is -2.30. The molecule has 102 valence electrons. The smallest absolute Gasteiger partial charge is 0.0462 e. The van der Waals surface area contributed by atoms with Crippen molar-refractivity contribution in [1.29, 1.82) is 0 Å². The largest absolute Gasteiger partial charge is 0.261 e. The molecule has 0 aromatic carbocycles. The molecule has 0 atom stereocenters. The molecule has 0 aliphatic carbocycles. The average Bonchev–Trinajstić information content (AvgIpc) is 2.38. The summed E-state index contributed by atoms with van der Waals surface area (Å²) in [5.41, 5.74) is 1.30. The maximum atomic E-state index is 4.49. The van der Waals surface area contributed by atoms with Crippen molar-refractivity contribution in [2.24, 2.45) is 10.4 Å². The molecule has 0 rings (SSSR count). The van der Waals surface area contributed by atoms with Gasteiger partial charge >= 0.3 is 0 Å². The lowest BCUT2D eigenvalue weighted by molar-refractivity contribution is 0.369. The van der Waals surface area contributed by atoms with Crippen LogP contribution in [0.5, 0.6) is 0 Å². The highest BCUT2D eigenvalue weighted by molar-refractivity contribution is 6.00. The van der Waals surface area contributed by atoms with Gasteiger partial charge in [-0.2, -0.15) is 0 Å². The van der Waals surface area contributed by atoms with Gasteiger partial charge < -0.3 is 0 Å². The number of nitrogens with zero attached hydrogens (tertiary/aromatic N) is 1. The Labute approximate surface area is 113 Å². The molecule has 0 amide bonds. The minimum absolute atomic E-state index is 0.166. The first-order chi connectivity index (χ1) is 8.64. The fraction of sp³-hybridized carbons (Fsp3) is 0.588. The lowest BCUT2D eigenvalue weighted by atomic mass is 9.75. The molecular weight excluding hydrogens is 218 g/mol. The average molecular weight is 247 g/mol. The number of unbranched alkanes of at least 4 members (excludes halogenated alkanes) is 2. The van der Waals surface area contributed by atoms with Gasteiger partial charge in [-0.15, -0.1) is 0 Å². The third-order valence-electron chi connectivity index (χ3n) is 3.40. The van der Waals surface area contributed by atoms with E-state index in [2.05, 4.69) is 45.0 Å². The molecule has 0 aromatic heterocycles. The first-order valence-corrected chi connectivity index (χ1v) is 7.12. The summed E-state index contributed by atoms with van der Waals surface area (Å²) < 4.78 is 0. The van der Waals surface area contributed by atoms with E-state index in [9.17, 15) is 0 Å². The van der Waals surface area contributed by atoms with Crippen LogP contribution in [-0.2, 0) is 0 Å². The fourth-order valence-corrected chi connectivity index (χ4v) is 2.17. The first kappa shape index (κ1) is 16.9. The fourth-order valence-electron chi connectivity index (χ4n) is 2.17. The summed E-state index contributed by atoms with van der Waals surface area (Å²) >= 11 is 0. The van der Waals surface area contributed by atoms with Crippen molar-refractivity contribution in [2.75, 3.05) is 0 Å². The lowest BCUT2D eigenvalue weighted by Crippen LogP contribution is -2.26. The Hall–Kier alpha value is -1.11. The molecule has 0 fully saturated rings. The van der Waals surface area contributed by atoms with Gasteiger partial charge in [-0.3, -0.25) is 4.99 Å². The van der Waals surface area contributed by atoms with Crippen molar-refractivity contribution >= 4 is 5.71 Å². The van der Waals surface area contributed by atoms with Crippen LogP contribution in [0.3, 0.4) is 0 Å². The Balaban J connectivity index is 5.06. The minimum Gasteiger partial charge on any atom is -0.261 e. The van der Waals surface area contributed by atoms with Crippen LogP contribution in [-0.4, -0.2) is 5.71 Å². The molecule has 0 unspecified atom stereocenters. The standard InChI is InChI=1S/C17H29N/c1-6-10-13-16(18-9-4)17(5,14-11-7-2)15-12-8-3/h6,9-10,13H,1,4,7-8,11-12,14-15H2,2-3,5H3/b13-10-,18-16?. The third-order valence-corrected chi connectivity index (χ3v) is 3.40. The molecule has 0 N–H and O–H groups in total. The van der Waals surface area contributed by atoms with E-state index in [1.807, 2.05) is 6.08 Å². The second-order valence-corrected chi connectivity index (χ2v) is 5.06. The minimum atomic E-state index is 0.166. The summed E-state index contributed by atoms with van der Waals surface area (Å²) in [6.45, 7) is 14.3. The molecular formula is C17H29N. The molecule has 1 nitrogen and oxygen atoms in total. The molecule has 0 spiro atoms. The van der Waals surface area contributed by atoms with Gasteiger partial charge in [0.15, 0.2) is 0 Å². The van der Waals surface area contributed by atoms with Crippen LogP contribution in [0.25, 0.3) is 0 Å². The van der Waals surface area contributed by atoms with Crippen LogP contribution in [0.15, 0.2) is 42.6 Å². The van der Waals surface area contributed by atoms with Crippen LogP contribution in [0.4, 0.5) is 0 Å². The number of allylic oxidation sites excluding steroid dienone is 3. The summed E-state index contributed by atoms with van der Waals surface area (Å²) in [6, 6.07) is 0. The summed E-state index contributed by atoms with van der Waals surface area (Å²) in [5.74, 6) is 0. The normalized spacial score (nSPS) is 12.9. The molecule has 1 heteroatoms. The maximum Gasteiger partial charge on any atom is 0.0462 e. The Kier molecular flexibility index (Phi) is 9.26. The number of hydrogen-bond acceptors (Lipinski definition) is 1. The molecule has 0 bridgehead atoms. The van der Waals surface area contributed by atoms with Gasteiger partial charge in [0.25, 0.3) is 0 Å². The SMILES string of the molecule is C=C/C=C\C(=NC=C)C(C)(CCCC)CCCC. The second-order valence-electron chi connectivity index (χ2n) is 5.06. The summed E-state index contributed by atoms with van der Waals surface area (Å²) in [5, 5.41) is 0. The van der Waals surface area contributed by atoms with Gasteiger partial charge in [0.1, 0.15) is 0 Å². The van der Waals surface area contributed by atoms with Crippen molar-refractivity contribution in [3.8, 4) is 0 Å². The van der Waals surface area contributed by atoms with Crippen LogP contribution >= 0.6 is 0 Å². The van der Waals surface area contributed by atoms with E-state index in [0.29, 0.717) is 0 Å². The van der Waals surface area contributed by atoms with E-state index in [1.165, 1.54) is 38.5 Å². The molecule has 0 saturated heterocycles. The summed E-state index contributed by atoms with van der Waals surface area (Å²) in [4.78, 5) is 4.49. The van der Waals surface area contributed by atoms with Gasteiger partial charge in [0.2, 0.25) is 0 Å². The Morgan fingerprint density at radius 3 is 2.06 bits per heavy atom. The van der Waals surface area contributed by atoms with Gasteiger partial charge in [0.05, 0.1) is 0 Å². The van der Waals surface area contributed by atoms with Crippen LogP contribution in [0, 0.1) is 5.41 Å². The van der Waals surface area contributed by atoms with E-state index >= 15 is 0 Å². The van der Waals surface area contributed by atoms with Gasteiger partial charge in [-0.1, -0.05) is 71.8 Å². The van der Waals surface area contributed by atoms with Gasteiger partial charge in [-0.25, -0.2) is 0 Å². The molecule has 0 aromatic rings. The highest BCUT2D eigenvalue weighted by Gasteiger charge is 2.27. The van der Waals surface area contributed by atoms with E-state index in [0.717, 1.165) is 5.71 Å². The zero-order valence-corrected chi connectivity index (χ0v) is 12.4. The molecule has 0 aliphatic rings. The second kappa shape index (κ2) is 9.87. The quantitative estimate of drug-likeness (QED) is 0.347. The molecule has 18 heavy (non-hydrogen) atoms. The van der Waals surface area contributed by atoms with Crippen molar-refractivity contribution in [1.82, 2.24) is 0 Å². The van der Waals surface area contributed by atoms with Crippen molar-refractivity contribution in [3.05, 3.63) is 37.6 Å². The van der Waals surface area contributed by atoms with Crippen molar-refractivity contribution in [3.63, 3.8) is 0 Å². The van der Waals surface area contributed by atoms with E-state index in [-0.39, 0.29) is 5.41 Å². The third kappa shape index (κ3) is 6.00. The van der Waals surface area contributed by atoms with E-state index < -0.39 is 0 Å². The van der Waals surface area contributed by atoms with Crippen LogP contribution in [0.1, 0.15) is 59.3 Å². The Morgan fingerprint density at radius 1 is 1.11 bits per heavy atom. The molecule has 0 saturated carbocycles. The monoisotopic (exact) mass is 247 g/mol. The Morgan fingerprint density at radius 2 is 1.67 bits per heavy atom. The predicted octanol–water partition coefficient (Wildman–Crippen LogP) is 5.70. The van der Waals surface area contributed by atoms with E-state index in [4.69, 9.17) is 0 Å². The molecule has 0 radical (unpaired) electrons. The van der Waals surface area contributed by atoms with Crippen LogP contribution < -0.4 is 0 Å². The highest BCUT2D eigenvalue weighted by Crippen LogP contribution is 2.33. The maximum absolute atomic E-state index is 4.49. The number of aliphatic imine (C=N–C) groups is 1. The summed E-state index contributed by atoms with van der Waals surface area (Å²) in [6.07, 6.45) is 14.9. The van der Waals surface area contributed by atoms with Crippen molar-refractivity contribution in [2.45, 2.75) is 59.3 Å². The van der Waals surface area contributed by atoms with Crippen LogP contribution in [0.2, 0.25) is 0 Å². The van der Waals surface area contributed by atoms with E-state index in [1.54, 1.807) is 12.3 Å². The first-order valence-electron chi connectivity index (χ1n) is 7.12. The van der Waals surface area contributed by atoms with Gasteiger partial charge in [-0.05, 0) is 18.9 Å². The number of rotatable bonds is 10.